The number of nitrogens with two attached hydrogens (primary N) is 1. The van der Waals surface area contributed by atoms with E-state index in [1.807, 2.05) is 6.92 Å². The largest absolute Gasteiger partial charge is 0.397 e. The first-order chi connectivity index (χ1) is 8.58. The van der Waals surface area contributed by atoms with Gasteiger partial charge in [-0.3, -0.25) is 9.78 Å². The Bertz CT molecular complexity index is 448. The maximum Gasteiger partial charge on any atom is 0.253 e. The standard InChI is InChI=1S/C13H19N3O2/c1-8-12(5-11(14)7-15-8)13(17)16-6-10-3-4-18-9(10)2/h5,7,9-10H,3-4,6,14H2,1-2H3,(H,16,17). The highest BCUT2D eigenvalue weighted by Crippen LogP contribution is 2.19. The number of pyridine rings is 1. The topological polar surface area (TPSA) is 77.2 Å². The van der Waals surface area contributed by atoms with Gasteiger partial charge in [-0.15, -0.1) is 0 Å². The van der Waals surface area contributed by atoms with E-state index < -0.39 is 0 Å². The lowest BCUT2D eigenvalue weighted by atomic mass is 10.0. The Morgan fingerprint density at radius 1 is 1.67 bits per heavy atom. The average molecular weight is 249 g/mol. The van der Waals surface area contributed by atoms with E-state index in [9.17, 15) is 4.79 Å². The summed E-state index contributed by atoms with van der Waals surface area (Å²) in [5, 5.41) is 2.92. The summed E-state index contributed by atoms with van der Waals surface area (Å²) in [5.41, 5.74) is 7.38. The maximum absolute atomic E-state index is 12.0. The summed E-state index contributed by atoms with van der Waals surface area (Å²) >= 11 is 0. The van der Waals surface area contributed by atoms with E-state index in [-0.39, 0.29) is 12.0 Å². The third-order valence-corrected chi connectivity index (χ3v) is 3.41. The molecule has 0 aromatic carbocycles. The molecule has 1 aliphatic rings. The Morgan fingerprint density at radius 2 is 2.44 bits per heavy atom. The summed E-state index contributed by atoms with van der Waals surface area (Å²) in [6.45, 7) is 5.25. The average Bonchev–Trinajstić information content (AvgIpc) is 2.75. The summed E-state index contributed by atoms with van der Waals surface area (Å²) < 4.78 is 5.46. The zero-order valence-corrected chi connectivity index (χ0v) is 10.8. The molecule has 2 rings (SSSR count). The Morgan fingerprint density at radius 3 is 3.11 bits per heavy atom. The molecule has 1 aromatic rings. The summed E-state index contributed by atoms with van der Waals surface area (Å²) in [5.74, 6) is 0.273. The van der Waals surface area contributed by atoms with E-state index in [0.29, 0.717) is 29.4 Å². The third-order valence-electron chi connectivity index (χ3n) is 3.41. The lowest BCUT2D eigenvalue weighted by Gasteiger charge is -2.15. The summed E-state index contributed by atoms with van der Waals surface area (Å²) in [6, 6.07) is 1.66. The second-order valence-electron chi connectivity index (χ2n) is 4.74. The highest BCUT2D eigenvalue weighted by Gasteiger charge is 2.24. The predicted octanol–water partition coefficient (Wildman–Crippen LogP) is 1.13. The number of nitrogen functional groups attached to an aromatic ring is 1. The number of ether oxygens (including phenoxy) is 1. The van der Waals surface area contributed by atoms with Crippen LogP contribution in [-0.2, 0) is 4.74 Å². The monoisotopic (exact) mass is 249 g/mol. The van der Waals surface area contributed by atoms with Crippen molar-refractivity contribution in [1.29, 1.82) is 0 Å². The number of nitrogens with one attached hydrogen (secondary N) is 1. The second-order valence-corrected chi connectivity index (χ2v) is 4.74. The van der Waals surface area contributed by atoms with E-state index in [2.05, 4.69) is 10.3 Å². The van der Waals surface area contributed by atoms with Crippen LogP contribution in [0, 0.1) is 12.8 Å². The number of carbonyl (C=O) groups is 1. The number of hydrogen-bond acceptors (Lipinski definition) is 4. The van der Waals surface area contributed by atoms with Crippen molar-refractivity contribution in [2.75, 3.05) is 18.9 Å². The van der Waals surface area contributed by atoms with Gasteiger partial charge in [-0.25, -0.2) is 0 Å². The molecular formula is C13H19N3O2. The van der Waals surface area contributed by atoms with E-state index >= 15 is 0 Å². The van der Waals surface area contributed by atoms with Crippen molar-refractivity contribution < 1.29 is 9.53 Å². The van der Waals surface area contributed by atoms with Crippen LogP contribution >= 0.6 is 0 Å². The fourth-order valence-corrected chi connectivity index (χ4v) is 2.14. The fourth-order valence-electron chi connectivity index (χ4n) is 2.14. The third kappa shape index (κ3) is 2.79. The van der Waals surface area contributed by atoms with Crippen LogP contribution in [0.25, 0.3) is 0 Å². The molecule has 3 N–H and O–H groups in total. The van der Waals surface area contributed by atoms with Crippen LogP contribution in [0.2, 0.25) is 0 Å². The lowest BCUT2D eigenvalue weighted by molar-refractivity contribution is 0.0906. The minimum absolute atomic E-state index is 0.119. The van der Waals surface area contributed by atoms with E-state index in [4.69, 9.17) is 10.5 Å². The van der Waals surface area contributed by atoms with E-state index in [1.165, 1.54) is 0 Å². The van der Waals surface area contributed by atoms with Crippen LogP contribution in [0.4, 0.5) is 5.69 Å². The number of amides is 1. The second kappa shape index (κ2) is 5.35. The molecule has 2 atom stereocenters. The quantitative estimate of drug-likeness (QED) is 0.841. The molecule has 1 fully saturated rings. The normalized spacial score (nSPS) is 23.0. The van der Waals surface area contributed by atoms with Gasteiger partial charge < -0.3 is 15.8 Å². The van der Waals surface area contributed by atoms with Crippen LogP contribution in [0.5, 0.6) is 0 Å². The van der Waals surface area contributed by atoms with Crippen molar-refractivity contribution >= 4 is 11.6 Å². The zero-order valence-electron chi connectivity index (χ0n) is 10.8. The molecule has 1 amide bonds. The molecule has 0 saturated carbocycles. The molecule has 5 heteroatoms. The van der Waals surface area contributed by atoms with Gasteiger partial charge in [-0.05, 0) is 26.3 Å². The zero-order chi connectivity index (χ0) is 13.1. The number of hydrogen-bond donors (Lipinski definition) is 2. The molecule has 0 bridgehead atoms. The van der Waals surface area contributed by atoms with Gasteiger partial charge in [0.25, 0.3) is 5.91 Å². The molecule has 2 heterocycles. The molecule has 18 heavy (non-hydrogen) atoms. The molecule has 0 spiro atoms. The van der Waals surface area contributed by atoms with Crippen molar-refractivity contribution in [3.63, 3.8) is 0 Å². The van der Waals surface area contributed by atoms with Crippen LogP contribution < -0.4 is 11.1 Å². The van der Waals surface area contributed by atoms with Gasteiger partial charge in [0.15, 0.2) is 0 Å². The van der Waals surface area contributed by atoms with Crippen LogP contribution in [0.15, 0.2) is 12.3 Å². The Balaban J connectivity index is 1.97. The van der Waals surface area contributed by atoms with Crippen LogP contribution in [0.3, 0.4) is 0 Å². The Kier molecular flexibility index (Phi) is 3.81. The first kappa shape index (κ1) is 12.8. The van der Waals surface area contributed by atoms with E-state index in [0.717, 1.165) is 13.0 Å². The molecule has 0 aliphatic carbocycles. The van der Waals surface area contributed by atoms with Crippen molar-refractivity contribution in [3.8, 4) is 0 Å². The van der Waals surface area contributed by atoms with Gasteiger partial charge >= 0.3 is 0 Å². The van der Waals surface area contributed by atoms with Gasteiger partial charge in [0.2, 0.25) is 0 Å². The van der Waals surface area contributed by atoms with Gasteiger partial charge in [0.1, 0.15) is 0 Å². The lowest BCUT2D eigenvalue weighted by Crippen LogP contribution is -2.32. The summed E-state index contributed by atoms with van der Waals surface area (Å²) in [6.07, 6.45) is 2.76. The predicted molar refractivity (Wildman–Crippen MR) is 69.2 cm³/mol. The molecule has 1 saturated heterocycles. The Hall–Kier alpha value is -1.62. The van der Waals surface area contributed by atoms with Crippen LogP contribution in [0.1, 0.15) is 29.4 Å². The highest BCUT2D eigenvalue weighted by molar-refractivity contribution is 5.95. The number of aromatic nitrogens is 1. The number of nitrogens with zero attached hydrogens (tertiary/aromatic N) is 1. The first-order valence-electron chi connectivity index (χ1n) is 6.20. The van der Waals surface area contributed by atoms with Gasteiger partial charge in [-0.2, -0.15) is 0 Å². The molecule has 0 radical (unpaired) electrons. The number of aryl methyl sites for hydroxylation is 1. The van der Waals surface area contributed by atoms with E-state index in [1.54, 1.807) is 19.2 Å². The molecular weight excluding hydrogens is 230 g/mol. The van der Waals surface area contributed by atoms with Gasteiger partial charge in [0, 0.05) is 19.1 Å². The first-order valence-corrected chi connectivity index (χ1v) is 6.20. The Labute approximate surface area is 107 Å². The molecule has 1 aliphatic heterocycles. The van der Waals surface area contributed by atoms with Gasteiger partial charge in [0.05, 0.1) is 29.2 Å². The molecule has 98 valence electrons. The highest BCUT2D eigenvalue weighted by atomic mass is 16.5. The SMILES string of the molecule is Cc1ncc(N)cc1C(=O)NCC1CCOC1C. The number of carbonyl (C=O) groups excluding carboxylic acids is 1. The molecule has 1 aromatic heterocycles. The fraction of sp³-hybridized carbons (Fsp3) is 0.538. The van der Waals surface area contributed by atoms with Crippen molar-refractivity contribution in [2.24, 2.45) is 5.92 Å². The number of anilines is 1. The summed E-state index contributed by atoms with van der Waals surface area (Å²) in [4.78, 5) is 16.1. The summed E-state index contributed by atoms with van der Waals surface area (Å²) in [7, 11) is 0. The minimum atomic E-state index is -0.119. The van der Waals surface area contributed by atoms with Crippen molar-refractivity contribution in [3.05, 3.63) is 23.5 Å². The molecule has 5 nitrogen and oxygen atoms in total. The number of rotatable bonds is 3. The smallest absolute Gasteiger partial charge is 0.253 e. The maximum atomic E-state index is 12.0. The van der Waals surface area contributed by atoms with Gasteiger partial charge in [-0.1, -0.05) is 0 Å². The van der Waals surface area contributed by atoms with Crippen molar-refractivity contribution in [2.45, 2.75) is 26.4 Å². The van der Waals surface area contributed by atoms with Crippen LogP contribution in [-0.4, -0.2) is 30.1 Å². The minimum Gasteiger partial charge on any atom is -0.397 e. The molecule has 2 unspecified atom stereocenters. The van der Waals surface area contributed by atoms with Crippen molar-refractivity contribution in [1.82, 2.24) is 10.3 Å².